The Kier molecular flexibility index (Phi) is 64.2. The molecule has 0 heterocycles. The molecule has 78 heavy (non-hydrogen) atoms. The van der Waals surface area contributed by atoms with Crippen LogP contribution >= 0.6 is 0 Å². The number of rotatable bonds is 63. The largest absolute Gasteiger partial charge is 0.462 e. The molecule has 0 fully saturated rings. The van der Waals surface area contributed by atoms with Crippen LogP contribution in [0.2, 0.25) is 0 Å². The first-order chi connectivity index (χ1) is 38.5. The van der Waals surface area contributed by atoms with Crippen molar-refractivity contribution < 1.29 is 28.6 Å². The molecule has 0 spiro atoms. The molecule has 6 nitrogen and oxygen atoms in total. The highest BCUT2D eigenvalue weighted by molar-refractivity contribution is 5.71. The predicted octanol–water partition coefficient (Wildman–Crippen LogP) is 23.5. The summed E-state index contributed by atoms with van der Waals surface area (Å²) < 4.78 is 17.0. The van der Waals surface area contributed by atoms with Gasteiger partial charge >= 0.3 is 17.9 Å². The summed E-state index contributed by atoms with van der Waals surface area (Å²) in [7, 11) is 0. The quantitative estimate of drug-likeness (QED) is 0.0261. The molecule has 0 radical (unpaired) electrons. The first-order valence-corrected chi connectivity index (χ1v) is 34.3. The maximum absolute atomic E-state index is 12.9. The summed E-state index contributed by atoms with van der Waals surface area (Å²) in [4.78, 5) is 38.4. The predicted molar refractivity (Wildman–Crippen MR) is 339 cm³/mol. The van der Waals surface area contributed by atoms with Gasteiger partial charge in [0.05, 0.1) is 0 Å². The molecule has 0 rings (SSSR count). The van der Waals surface area contributed by atoms with Crippen molar-refractivity contribution in [1.82, 2.24) is 0 Å². The first-order valence-electron chi connectivity index (χ1n) is 34.3. The van der Waals surface area contributed by atoms with Gasteiger partial charge < -0.3 is 14.2 Å². The van der Waals surface area contributed by atoms with Gasteiger partial charge in [-0.1, -0.05) is 319 Å². The molecule has 6 heteroatoms. The zero-order valence-electron chi connectivity index (χ0n) is 52.2. The third kappa shape index (κ3) is 63.9. The van der Waals surface area contributed by atoms with Gasteiger partial charge in [-0.25, -0.2) is 0 Å². The van der Waals surface area contributed by atoms with Crippen LogP contribution in [-0.2, 0) is 28.6 Å². The standard InChI is InChI=1S/C72H130O6/c1-4-7-10-13-16-19-22-25-28-30-31-32-33-34-35-36-37-38-39-40-41-43-44-47-50-53-56-59-62-65-71(74)77-68-69(67-76-70(73)64-61-58-55-52-49-46-27-24-21-18-15-12-9-6-3)78-72(75)66-63-60-57-54-51-48-45-42-29-26-23-20-17-14-11-8-5-2/h8,11,17,20,22,25-26,29-31,69H,4-7,9-10,12-16,18-19,21,23-24,27-28,32-68H2,1-3H3/b11-8-,20-17-,25-22-,29-26-,31-30-. The lowest BCUT2D eigenvalue weighted by atomic mass is 10.0. The Morgan fingerprint density at radius 2 is 0.500 bits per heavy atom. The summed E-state index contributed by atoms with van der Waals surface area (Å²) in [5.74, 6) is -0.861. The van der Waals surface area contributed by atoms with Gasteiger partial charge in [-0.2, -0.15) is 0 Å². The summed E-state index contributed by atoms with van der Waals surface area (Å²) >= 11 is 0. The van der Waals surface area contributed by atoms with Crippen molar-refractivity contribution in [2.75, 3.05) is 13.2 Å². The van der Waals surface area contributed by atoms with Crippen molar-refractivity contribution in [2.24, 2.45) is 0 Å². The zero-order chi connectivity index (χ0) is 56.4. The normalized spacial score (nSPS) is 12.4. The highest BCUT2D eigenvalue weighted by atomic mass is 16.6. The lowest BCUT2D eigenvalue weighted by molar-refractivity contribution is -0.167. The minimum atomic E-state index is -0.778. The number of carbonyl (C=O) groups excluding carboxylic acids is 3. The number of hydrogen-bond acceptors (Lipinski definition) is 6. The maximum atomic E-state index is 12.9. The Balaban J connectivity index is 4.21. The smallest absolute Gasteiger partial charge is 0.306 e. The molecule has 454 valence electrons. The molecule has 0 aliphatic heterocycles. The number of allylic oxidation sites excluding steroid dienone is 10. The zero-order valence-corrected chi connectivity index (χ0v) is 52.2. The van der Waals surface area contributed by atoms with Crippen LogP contribution in [-0.4, -0.2) is 37.2 Å². The van der Waals surface area contributed by atoms with Gasteiger partial charge in [0.1, 0.15) is 13.2 Å². The lowest BCUT2D eigenvalue weighted by Gasteiger charge is -2.18. The third-order valence-corrected chi connectivity index (χ3v) is 15.3. The topological polar surface area (TPSA) is 78.9 Å². The minimum Gasteiger partial charge on any atom is -0.462 e. The molecular weight excluding hydrogens is 961 g/mol. The summed E-state index contributed by atoms with van der Waals surface area (Å²) in [6, 6.07) is 0. The lowest BCUT2D eigenvalue weighted by Crippen LogP contribution is -2.30. The van der Waals surface area contributed by atoms with Crippen molar-refractivity contribution in [3.63, 3.8) is 0 Å². The highest BCUT2D eigenvalue weighted by Crippen LogP contribution is 2.18. The molecule has 0 aliphatic rings. The fraction of sp³-hybridized carbons (Fsp3) is 0.819. The second kappa shape index (κ2) is 66.6. The van der Waals surface area contributed by atoms with E-state index in [1.807, 2.05) is 0 Å². The minimum absolute atomic E-state index is 0.0736. The van der Waals surface area contributed by atoms with E-state index < -0.39 is 6.10 Å². The SMILES string of the molecule is CC/C=C\C/C=C\C/C=C\CCCCCCCCCC(=O)OC(COC(=O)CCCCCCCCCCCCCCCC)COC(=O)CCCCCCCCCCCCCCCCCCC/C=C\C/C=C\CCCCCCC. The van der Waals surface area contributed by atoms with Crippen molar-refractivity contribution >= 4 is 17.9 Å². The van der Waals surface area contributed by atoms with Gasteiger partial charge in [-0.15, -0.1) is 0 Å². The van der Waals surface area contributed by atoms with Crippen molar-refractivity contribution in [3.8, 4) is 0 Å². The summed E-state index contributed by atoms with van der Waals surface area (Å²) in [5, 5.41) is 0. The molecule has 0 aromatic heterocycles. The van der Waals surface area contributed by atoms with E-state index in [1.165, 1.54) is 231 Å². The summed E-state index contributed by atoms with van der Waals surface area (Å²) in [5.41, 5.74) is 0. The van der Waals surface area contributed by atoms with Crippen LogP contribution in [0.5, 0.6) is 0 Å². The van der Waals surface area contributed by atoms with E-state index in [0.29, 0.717) is 19.3 Å². The Bertz CT molecular complexity index is 1390. The van der Waals surface area contributed by atoms with Crippen LogP contribution in [0, 0.1) is 0 Å². The average molecular weight is 1090 g/mol. The molecule has 0 aliphatic carbocycles. The van der Waals surface area contributed by atoms with Crippen molar-refractivity contribution in [1.29, 1.82) is 0 Å². The number of carbonyl (C=O) groups is 3. The van der Waals surface area contributed by atoms with Crippen LogP contribution in [0.25, 0.3) is 0 Å². The second-order valence-corrected chi connectivity index (χ2v) is 23.1. The Morgan fingerprint density at radius 1 is 0.269 bits per heavy atom. The van der Waals surface area contributed by atoms with Crippen LogP contribution < -0.4 is 0 Å². The number of ether oxygens (including phenoxy) is 3. The summed E-state index contributed by atoms with van der Waals surface area (Å²) in [6.07, 6.45) is 85.3. The second-order valence-electron chi connectivity index (χ2n) is 23.1. The maximum Gasteiger partial charge on any atom is 0.306 e. The molecule has 1 unspecified atom stereocenters. The first kappa shape index (κ1) is 75.1. The van der Waals surface area contributed by atoms with E-state index >= 15 is 0 Å². The van der Waals surface area contributed by atoms with Crippen LogP contribution in [0.4, 0.5) is 0 Å². The molecule has 0 bridgehead atoms. The van der Waals surface area contributed by atoms with E-state index in [2.05, 4.69) is 81.5 Å². The van der Waals surface area contributed by atoms with Crippen LogP contribution in [0.1, 0.15) is 361 Å². The van der Waals surface area contributed by atoms with E-state index in [4.69, 9.17) is 14.2 Å². The van der Waals surface area contributed by atoms with Gasteiger partial charge in [0, 0.05) is 19.3 Å². The molecular formula is C72H130O6. The molecule has 0 saturated carbocycles. The van der Waals surface area contributed by atoms with E-state index in [-0.39, 0.29) is 31.1 Å². The molecule has 1 atom stereocenters. The van der Waals surface area contributed by atoms with Crippen LogP contribution in [0.15, 0.2) is 60.8 Å². The van der Waals surface area contributed by atoms with Gasteiger partial charge in [0.2, 0.25) is 0 Å². The monoisotopic (exact) mass is 1090 g/mol. The molecule has 0 saturated heterocycles. The number of hydrogen-bond donors (Lipinski definition) is 0. The number of unbranched alkanes of at least 4 members (excludes halogenated alkanes) is 42. The van der Waals surface area contributed by atoms with Gasteiger partial charge in [-0.3, -0.25) is 14.4 Å². The molecule has 0 N–H and O–H groups in total. The van der Waals surface area contributed by atoms with Crippen molar-refractivity contribution in [3.05, 3.63) is 60.8 Å². The molecule has 0 aromatic rings. The van der Waals surface area contributed by atoms with E-state index in [9.17, 15) is 14.4 Å². The van der Waals surface area contributed by atoms with Crippen LogP contribution in [0.3, 0.4) is 0 Å². The number of esters is 3. The fourth-order valence-electron chi connectivity index (χ4n) is 10.1. The van der Waals surface area contributed by atoms with E-state index in [1.54, 1.807) is 0 Å². The van der Waals surface area contributed by atoms with E-state index in [0.717, 1.165) is 89.9 Å². The average Bonchev–Trinajstić information content (AvgIpc) is 3.44. The Morgan fingerprint density at radius 3 is 0.782 bits per heavy atom. The fourth-order valence-corrected chi connectivity index (χ4v) is 10.1. The Hall–Kier alpha value is -2.89. The highest BCUT2D eigenvalue weighted by Gasteiger charge is 2.19. The van der Waals surface area contributed by atoms with Crippen molar-refractivity contribution in [2.45, 2.75) is 367 Å². The van der Waals surface area contributed by atoms with Gasteiger partial charge in [-0.05, 0) is 83.5 Å². The Labute approximate surface area is 485 Å². The summed E-state index contributed by atoms with van der Waals surface area (Å²) in [6.45, 7) is 6.57. The molecule has 0 aromatic carbocycles. The molecule has 0 amide bonds. The van der Waals surface area contributed by atoms with Gasteiger partial charge in [0.25, 0.3) is 0 Å². The third-order valence-electron chi connectivity index (χ3n) is 15.3. The van der Waals surface area contributed by atoms with Gasteiger partial charge in [0.15, 0.2) is 6.10 Å².